The van der Waals surface area contributed by atoms with E-state index >= 15 is 0 Å². The molecule has 3 N–H and O–H groups in total. The molecule has 96 valence electrons. The first-order valence-electron chi connectivity index (χ1n) is 6.14. The highest BCUT2D eigenvalue weighted by Gasteiger charge is 2.12. The van der Waals surface area contributed by atoms with E-state index in [1.54, 1.807) is 7.11 Å². The Morgan fingerprint density at radius 2 is 1.76 bits per heavy atom. The third-order valence-electron chi connectivity index (χ3n) is 3.11. The number of nitrogens with one attached hydrogen (secondary N) is 1. The molecule has 3 nitrogen and oxygen atoms in total. The average Bonchev–Trinajstić information content (AvgIpc) is 2.28. The van der Waals surface area contributed by atoms with Crippen LogP contribution in [0.1, 0.15) is 42.5 Å². The highest BCUT2D eigenvalue weighted by Crippen LogP contribution is 2.21. The maximum absolute atomic E-state index is 5.64. The second kappa shape index (κ2) is 6.74. The molecule has 0 aliphatic rings. The van der Waals surface area contributed by atoms with Crippen molar-refractivity contribution in [1.29, 1.82) is 0 Å². The molecule has 1 aromatic rings. The smallest absolute Gasteiger partial charge is 0.0543 e. The maximum atomic E-state index is 5.64. The molecule has 0 aliphatic heterocycles. The minimum atomic E-state index is 0.200. The van der Waals surface area contributed by atoms with E-state index < -0.39 is 0 Å². The number of aryl methyl sites for hydroxylation is 2. The second-order valence-corrected chi connectivity index (χ2v) is 4.76. The van der Waals surface area contributed by atoms with E-state index in [1.807, 2.05) is 0 Å². The van der Waals surface area contributed by atoms with E-state index in [-0.39, 0.29) is 12.1 Å². The van der Waals surface area contributed by atoms with Crippen molar-refractivity contribution in [2.45, 2.75) is 45.8 Å². The van der Waals surface area contributed by atoms with Gasteiger partial charge in [0, 0.05) is 13.2 Å². The summed E-state index contributed by atoms with van der Waals surface area (Å²) in [6, 6.07) is 6.75. The first kappa shape index (κ1) is 14.2. The summed E-state index contributed by atoms with van der Waals surface area (Å²) < 4.78 is 5.26. The van der Waals surface area contributed by atoms with Crippen LogP contribution in [0.4, 0.5) is 0 Å². The van der Waals surface area contributed by atoms with Gasteiger partial charge in [-0.05, 0) is 39.2 Å². The van der Waals surface area contributed by atoms with Crippen LogP contribution in [0, 0.1) is 13.8 Å². The van der Waals surface area contributed by atoms with Gasteiger partial charge in [-0.1, -0.05) is 29.3 Å². The normalized spacial score (nSPS) is 14.6. The minimum Gasteiger partial charge on any atom is -0.382 e. The Morgan fingerprint density at radius 3 is 2.24 bits per heavy atom. The number of hydrogen-bond acceptors (Lipinski definition) is 3. The molecule has 0 aromatic heterocycles. The zero-order chi connectivity index (χ0) is 12.8. The summed E-state index contributed by atoms with van der Waals surface area (Å²) in [5.41, 5.74) is 6.71. The first-order chi connectivity index (χ1) is 8.06. The van der Waals surface area contributed by atoms with Crippen LogP contribution in [0.15, 0.2) is 18.2 Å². The third kappa shape index (κ3) is 4.46. The molecular weight excluding hydrogens is 212 g/mol. The van der Waals surface area contributed by atoms with Crippen LogP contribution < -0.4 is 11.3 Å². The summed E-state index contributed by atoms with van der Waals surface area (Å²) in [4.78, 5) is 0. The van der Waals surface area contributed by atoms with Crippen molar-refractivity contribution < 1.29 is 4.74 Å². The lowest BCUT2D eigenvalue weighted by Gasteiger charge is -2.19. The van der Waals surface area contributed by atoms with Crippen LogP contribution in [0.5, 0.6) is 0 Å². The predicted octanol–water partition coefficient (Wildman–Crippen LogP) is 2.62. The van der Waals surface area contributed by atoms with Gasteiger partial charge in [-0.3, -0.25) is 11.3 Å². The van der Waals surface area contributed by atoms with Gasteiger partial charge >= 0.3 is 0 Å². The summed E-state index contributed by atoms with van der Waals surface area (Å²) in [7, 11) is 1.74. The molecule has 2 unspecified atom stereocenters. The number of benzene rings is 1. The van der Waals surface area contributed by atoms with E-state index in [1.165, 1.54) is 16.7 Å². The molecular formula is C14H24N2O. The highest BCUT2D eigenvalue weighted by atomic mass is 16.5. The monoisotopic (exact) mass is 236 g/mol. The van der Waals surface area contributed by atoms with Crippen LogP contribution in [0.3, 0.4) is 0 Å². The van der Waals surface area contributed by atoms with Gasteiger partial charge < -0.3 is 4.74 Å². The van der Waals surface area contributed by atoms with Gasteiger partial charge in [0.2, 0.25) is 0 Å². The molecule has 17 heavy (non-hydrogen) atoms. The van der Waals surface area contributed by atoms with Crippen LogP contribution in [0.2, 0.25) is 0 Å². The molecule has 0 bridgehead atoms. The quantitative estimate of drug-likeness (QED) is 0.589. The molecule has 0 amide bonds. The first-order valence-corrected chi connectivity index (χ1v) is 6.14. The molecule has 2 atom stereocenters. The van der Waals surface area contributed by atoms with E-state index in [2.05, 4.69) is 44.4 Å². The van der Waals surface area contributed by atoms with Crippen molar-refractivity contribution in [1.82, 2.24) is 5.43 Å². The third-order valence-corrected chi connectivity index (χ3v) is 3.11. The van der Waals surface area contributed by atoms with Gasteiger partial charge in [-0.15, -0.1) is 0 Å². The standard InChI is InChI=1S/C14H24N2O/c1-10-7-11(2)9-13(8-10)14(16-15)6-5-12(3)17-4/h7-9,12,14,16H,5-6,15H2,1-4H3. The highest BCUT2D eigenvalue weighted by molar-refractivity contribution is 5.30. The van der Waals surface area contributed by atoms with Crippen LogP contribution in [-0.4, -0.2) is 13.2 Å². The van der Waals surface area contributed by atoms with Crippen LogP contribution >= 0.6 is 0 Å². The molecule has 0 radical (unpaired) electrons. The Labute approximate surface area is 104 Å². The van der Waals surface area contributed by atoms with Gasteiger partial charge in [0.1, 0.15) is 0 Å². The maximum Gasteiger partial charge on any atom is 0.0543 e. The lowest BCUT2D eigenvalue weighted by atomic mass is 9.97. The van der Waals surface area contributed by atoms with Gasteiger partial charge in [-0.25, -0.2) is 0 Å². The number of ether oxygens (including phenoxy) is 1. The van der Waals surface area contributed by atoms with Gasteiger partial charge in [0.05, 0.1) is 6.10 Å². The Balaban J connectivity index is 2.72. The van der Waals surface area contributed by atoms with Crippen molar-refractivity contribution in [3.05, 3.63) is 34.9 Å². The predicted molar refractivity (Wildman–Crippen MR) is 71.7 cm³/mol. The number of nitrogens with two attached hydrogens (primary N) is 1. The average molecular weight is 236 g/mol. The van der Waals surface area contributed by atoms with Gasteiger partial charge in [0.25, 0.3) is 0 Å². The zero-order valence-corrected chi connectivity index (χ0v) is 11.3. The van der Waals surface area contributed by atoms with E-state index in [0.29, 0.717) is 0 Å². The minimum absolute atomic E-state index is 0.200. The fourth-order valence-electron chi connectivity index (χ4n) is 2.08. The second-order valence-electron chi connectivity index (χ2n) is 4.76. The Morgan fingerprint density at radius 1 is 1.18 bits per heavy atom. The van der Waals surface area contributed by atoms with Crippen molar-refractivity contribution in [2.24, 2.45) is 5.84 Å². The summed E-state index contributed by atoms with van der Waals surface area (Å²) in [6.45, 7) is 6.30. The molecule has 1 aromatic carbocycles. The Kier molecular flexibility index (Phi) is 5.62. The van der Waals surface area contributed by atoms with Gasteiger partial charge in [-0.2, -0.15) is 0 Å². The van der Waals surface area contributed by atoms with Crippen LogP contribution in [-0.2, 0) is 4.74 Å². The van der Waals surface area contributed by atoms with E-state index in [4.69, 9.17) is 10.6 Å². The van der Waals surface area contributed by atoms with Crippen molar-refractivity contribution in [3.8, 4) is 0 Å². The number of hydrazine groups is 1. The topological polar surface area (TPSA) is 47.3 Å². The molecule has 0 saturated heterocycles. The molecule has 0 saturated carbocycles. The zero-order valence-electron chi connectivity index (χ0n) is 11.3. The molecule has 0 spiro atoms. The summed E-state index contributed by atoms with van der Waals surface area (Å²) in [5, 5.41) is 0. The van der Waals surface area contributed by atoms with Crippen molar-refractivity contribution >= 4 is 0 Å². The van der Waals surface area contributed by atoms with Crippen LogP contribution in [0.25, 0.3) is 0 Å². The fraction of sp³-hybridized carbons (Fsp3) is 0.571. The lowest BCUT2D eigenvalue weighted by Crippen LogP contribution is -2.29. The van der Waals surface area contributed by atoms with E-state index in [0.717, 1.165) is 12.8 Å². The SMILES string of the molecule is COC(C)CCC(NN)c1cc(C)cc(C)c1. The molecule has 1 rings (SSSR count). The molecule has 0 aliphatic carbocycles. The number of methoxy groups -OCH3 is 1. The van der Waals surface area contributed by atoms with Crippen molar-refractivity contribution in [3.63, 3.8) is 0 Å². The Bertz CT molecular complexity index is 332. The summed E-state index contributed by atoms with van der Waals surface area (Å²) >= 11 is 0. The van der Waals surface area contributed by atoms with Crippen molar-refractivity contribution in [2.75, 3.05) is 7.11 Å². The number of rotatable bonds is 6. The molecule has 0 heterocycles. The number of hydrogen-bond donors (Lipinski definition) is 2. The van der Waals surface area contributed by atoms with Gasteiger partial charge in [0.15, 0.2) is 0 Å². The fourth-order valence-corrected chi connectivity index (χ4v) is 2.08. The Hall–Kier alpha value is -0.900. The lowest BCUT2D eigenvalue weighted by molar-refractivity contribution is 0.106. The summed E-state index contributed by atoms with van der Waals surface area (Å²) in [5.74, 6) is 5.64. The van der Waals surface area contributed by atoms with E-state index in [9.17, 15) is 0 Å². The molecule has 0 fully saturated rings. The molecule has 3 heteroatoms. The largest absolute Gasteiger partial charge is 0.382 e. The summed E-state index contributed by atoms with van der Waals surface area (Å²) in [6.07, 6.45) is 2.25.